The zero-order valence-corrected chi connectivity index (χ0v) is 20.0. The average molecular weight is 478 g/mol. The molecule has 0 saturated carbocycles. The number of benzene rings is 4. The monoisotopic (exact) mass is 477 g/mol. The van der Waals surface area contributed by atoms with E-state index in [1.165, 1.54) is 9.54 Å². The maximum Gasteiger partial charge on any atom is 0.268 e. The first kappa shape index (κ1) is 21.6. The largest absolute Gasteiger partial charge is 0.289 e. The Hall–Kier alpha value is -3.96. The third-order valence-corrected chi connectivity index (χ3v) is 8.54. The van der Waals surface area contributed by atoms with E-state index in [0.717, 1.165) is 35.1 Å². The van der Waals surface area contributed by atoms with Crippen molar-refractivity contribution in [3.05, 3.63) is 125 Å². The summed E-state index contributed by atoms with van der Waals surface area (Å²) in [6.45, 7) is 1.92. The Morgan fingerprint density at radius 1 is 0.800 bits per heavy atom. The molecule has 0 amide bonds. The lowest BCUT2D eigenvalue weighted by molar-refractivity contribution is 0.104. The summed E-state index contributed by atoms with van der Waals surface area (Å²) in [5.74, 6) is -0.102. The fourth-order valence-electron chi connectivity index (χ4n) is 5.07. The molecule has 0 atom stereocenters. The fraction of sp³-hybridized carbons (Fsp3) is 0.100. The SMILES string of the molecule is Cc1ccc(S(=O)(=O)n2ccc3c(C(=O)c4ccccc4)c4c(cc32)CCc2ccccc2-4)cc1. The normalized spacial score (nSPS) is 12.8. The minimum atomic E-state index is -3.83. The summed E-state index contributed by atoms with van der Waals surface area (Å²) in [5.41, 5.74) is 6.83. The van der Waals surface area contributed by atoms with Crippen LogP contribution in [-0.2, 0) is 22.9 Å². The molecule has 0 bridgehead atoms. The van der Waals surface area contributed by atoms with Gasteiger partial charge < -0.3 is 0 Å². The second-order valence-electron chi connectivity index (χ2n) is 9.00. The highest BCUT2D eigenvalue weighted by molar-refractivity contribution is 7.90. The van der Waals surface area contributed by atoms with Gasteiger partial charge in [0.2, 0.25) is 0 Å². The van der Waals surface area contributed by atoms with E-state index in [2.05, 4.69) is 12.1 Å². The van der Waals surface area contributed by atoms with Crippen LogP contribution in [0.2, 0.25) is 0 Å². The van der Waals surface area contributed by atoms with Crippen LogP contribution in [0.15, 0.2) is 102 Å². The van der Waals surface area contributed by atoms with Crippen molar-refractivity contribution in [1.29, 1.82) is 0 Å². The summed E-state index contributed by atoms with van der Waals surface area (Å²) >= 11 is 0. The summed E-state index contributed by atoms with van der Waals surface area (Å²) in [4.78, 5) is 14.2. The van der Waals surface area contributed by atoms with Gasteiger partial charge in [-0.2, -0.15) is 0 Å². The summed E-state index contributed by atoms with van der Waals surface area (Å²) in [5, 5.41) is 0.644. The van der Waals surface area contributed by atoms with Gasteiger partial charge in [0.15, 0.2) is 5.78 Å². The highest BCUT2D eigenvalue weighted by atomic mass is 32.2. The van der Waals surface area contributed by atoms with E-state index in [9.17, 15) is 13.2 Å². The van der Waals surface area contributed by atoms with Gasteiger partial charge in [-0.1, -0.05) is 72.3 Å². The first-order valence-electron chi connectivity index (χ1n) is 11.6. The molecular formula is C30H23NO3S. The molecule has 1 aliphatic rings. The van der Waals surface area contributed by atoms with Crippen molar-refractivity contribution in [3.63, 3.8) is 0 Å². The molecule has 5 aromatic rings. The summed E-state index contributed by atoms with van der Waals surface area (Å²) in [6, 6.07) is 27.9. The lowest BCUT2D eigenvalue weighted by atomic mass is 9.80. The lowest BCUT2D eigenvalue weighted by Crippen LogP contribution is -2.14. The topological polar surface area (TPSA) is 56.1 Å². The molecule has 0 unspecified atom stereocenters. The van der Waals surface area contributed by atoms with E-state index in [0.29, 0.717) is 22.0 Å². The maximum atomic E-state index is 13.9. The van der Waals surface area contributed by atoms with Gasteiger partial charge in [0.1, 0.15) is 0 Å². The van der Waals surface area contributed by atoms with Crippen LogP contribution in [0.5, 0.6) is 0 Å². The van der Waals surface area contributed by atoms with E-state index in [1.807, 2.05) is 55.5 Å². The third-order valence-electron chi connectivity index (χ3n) is 6.83. The number of nitrogens with zero attached hydrogens (tertiary/aromatic N) is 1. The summed E-state index contributed by atoms with van der Waals surface area (Å²) < 4.78 is 28.5. The average Bonchev–Trinajstić information content (AvgIpc) is 3.32. The van der Waals surface area contributed by atoms with Crippen molar-refractivity contribution in [3.8, 4) is 11.1 Å². The number of ketones is 1. The molecule has 1 aliphatic carbocycles. The molecule has 1 heterocycles. The first-order valence-corrected chi connectivity index (χ1v) is 13.1. The number of fused-ring (bicyclic) bond motifs is 4. The Morgan fingerprint density at radius 2 is 1.49 bits per heavy atom. The summed E-state index contributed by atoms with van der Waals surface area (Å²) in [6.07, 6.45) is 3.16. The van der Waals surface area contributed by atoms with Gasteiger partial charge in [-0.05, 0) is 66.3 Å². The summed E-state index contributed by atoms with van der Waals surface area (Å²) in [7, 11) is -3.83. The zero-order valence-electron chi connectivity index (χ0n) is 19.2. The number of aromatic nitrogens is 1. The molecule has 0 spiro atoms. The van der Waals surface area contributed by atoms with E-state index in [1.54, 1.807) is 36.5 Å². The van der Waals surface area contributed by atoms with Gasteiger partial charge >= 0.3 is 0 Å². The van der Waals surface area contributed by atoms with Gasteiger partial charge in [-0.25, -0.2) is 12.4 Å². The third kappa shape index (κ3) is 3.43. The quantitative estimate of drug-likeness (QED) is 0.290. The van der Waals surface area contributed by atoms with Gasteiger partial charge in [0.25, 0.3) is 10.0 Å². The van der Waals surface area contributed by atoms with Crippen LogP contribution in [0.4, 0.5) is 0 Å². The van der Waals surface area contributed by atoms with Crippen molar-refractivity contribution in [2.45, 2.75) is 24.7 Å². The Morgan fingerprint density at radius 3 is 2.26 bits per heavy atom. The number of carbonyl (C=O) groups is 1. The molecule has 0 aliphatic heterocycles. The second-order valence-corrected chi connectivity index (χ2v) is 10.8. The minimum absolute atomic E-state index is 0.102. The van der Waals surface area contributed by atoms with Gasteiger partial charge in [-0.3, -0.25) is 4.79 Å². The molecular weight excluding hydrogens is 454 g/mol. The molecule has 0 saturated heterocycles. The Balaban J connectivity index is 1.66. The Bertz CT molecular complexity index is 1710. The van der Waals surface area contributed by atoms with Gasteiger partial charge in [-0.15, -0.1) is 0 Å². The molecule has 4 nitrogen and oxygen atoms in total. The standard InChI is InChI=1S/C30H23NO3S/c1-20-11-15-24(16-12-20)35(33,34)31-18-17-26-27(31)19-23-14-13-21-7-5-6-10-25(21)28(23)29(26)30(32)22-8-3-2-4-9-22/h2-12,15-19H,13-14H2,1H3. The molecule has 35 heavy (non-hydrogen) atoms. The van der Waals surface area contributed by atoms with Crippen LogP contribution in [0.3, 0.4) is 0 Å². The molecule has 0 radical (unpaired) electrons. The highest BCUT2D eigenvalue weighted by Crippen LogP contribution is 2.41. The van der Waals surface area contributed by atoms with Crippen LogP contribution >= 0.6 is 0 Å². The van der Waals surface area contributed by atoms with Crippen molar-refractivity contribution in [2.75, 3.05) is 0 Å². The Labute approximate surface area is 204 Å². The van der Waals surface area contributed by atoms with Crippen molar-refractivity contribution >= 4 is 26.7 Å². The molecule has 0 N–H and O–H groups in total. The lowest BCUT2D eigenvalue weighted by Gasteiger charge is -2.23. The molecule has 1 aromatic heterocycles. The molecule has 5 heteroatoms. The highest BCUT2D eigenvalue weighted by Gasteiger charge is 2.28. The zero-order chi connectivity index (χ0) is 24.2. The molecule has 4 aromatic carbocycles. The van der Waals surface area contributed by atoms with E-state index >= 15 is 0 Å². The first-order chi connectivity index (χ1) is 16.9. The predicted octanol–water partition coefficient (Wildman–Crippen LogP) is 6.18. The van der Waals surface area contributed by atoms with Crippen molar-refractivity contribution in [2.24, 2.45) is 0 Å². The fourth-order valence-corrected chi connectivity index (χ4v) is 6.41. The number of aryl methyl sites for hydroxylation is 3. The number of hydrogen-bond acceptors (Lipinski definition) is 3. The van der Waals surface area contributed by atoms with E-state index in [4.69, 9.17) is 0 Å². The van der Waals surface area contributed by atoms with Crippen molar-refractivity contribution < 1.29 is 13.2 Å². The number of carbonyl (C=O) groups excluding carboxylic acids is 1. The maximum absolute atomic E-state index is 13.9. The van der Waals surface area contributed by atoms with Crippen LogP contribution in [0.25, 0.3) is 22.0 Å². The number of hydrogen-bond donors (Lipinski definition) is 0. The van der Waals surface area contributed by atoms with E-state index in [-0.39, 0.29) is 10.7 Å². The molecule has 172 valence electrons. The van der Waals surface area contributed by atoms with Gasteiger partial charge in [0, 0.05) is 22.7 Å². The van der Waals surface area contributed by atoms with Gasteiger partial charge in [0.05, 0.1) is 10.4 Å². The van der Waals surface area contributed by atoms with Crippen LogP contribution in [0, 0.1) is 6.92 Å². The second kappa shape index (κ2) is 8.07. The van der Waals surface area contributed by atoms with E-state index < -0.39 is 10.0 Å². The number of rotatable bonds is 4. The van der Waals surface area contributed by atoms with Crippen LogP contribution < -0.4 is 0 Å². The minimum Gasteiger partial charge on any atom is -0.289 e. The van der Waals surface area contributed by atoms with Crippen LogP contribution in [-0.4, -0.2) is 18.2 Å². The Kier molecular flexibility index (Phi) is 4.97. The molecule has 6 rings (SSSR count). The predicted molar refractivity (Wildman–Crippen MR) is 138 cm³/mol. The smallest absolute Gasteiger partial charge is 0.268 e. The van der Waals surface area contributed by atoms with Crippen molar-refractivity contribution in [1.82, 2.24) is 3.97 Å². The van der Waals surface area contributed by atoms with Crippen LogP contribution in [0.1, 0.15) is 32.6 Å². The molecule has 0 fully saturated rings.